The molecule has 11 heteroatoms. The largest absolute Gasteiger partial charge is 1.00 e. The molecule has 0 saturated heterocycles. The first-order chi connectivity index (χ1) is 15.2. The predicted octanol–water partition coefficient (Wildman–Crippen LogP) is -4.82. The predicted molar refractivity (Wildman–Crippen MR) is 112 cm³/mol. The minimum atomic E-state index is -3.29. The standard InChI is InChI=1S/C23H40O9.2Na/c1-3-4-5-6-7-8-9-10-11-12-13-14-15-16-19(26)32-20(21(27)31-2)23(30,22(28)29)17-18(24)25;;/h20,30H,3-17H2,1-2H3,(H,24,25)(H,28,29);;/q;2*+1/p-2. The zero-order chi connectivity index (χ0) is 24.4. The third-order valence-corrected chi connectivity index (χ3v) is 5.35. The summed E-state index contributed by atoms with van der Waals surface area (Å²) in [6, 6.07) is 0. The Bertz CT molecular complexity index is 587. The van der Waals surface area contributed by atoms with Gasteiger partial charge in [0.05, 0.1) is 13.1 Å². The van der Waals surface area contributed by atoms with E-state index in [-0.39, 0.29) is 65.5 Å². The van der Waals surface area contributed by atoms with Gasteiger partial charge in [-0.3, -0.25) is 4.79 Å². The summed E-state index contributed by atoms with van der Waals surface area (Å²) in [6.45, 7) is 2.21. The first-order valence-electron chi connectivity index (χ1n) is 11.6. The van der Waals surface area contributed by atoms with Crippen LogP contribution in [0.25, 0.3) is 0 Å². The molecular weight excluding hydrogens is 466 g/mol. The number of aliphatic hydroxyl groups is 1. The molecule has 0 aromatic heterocycles. The van der Waals surface area contributed by atoms with Crippen molar-refractivity contribution in [3.8, 4) is 0 Å². The third kappa shape index (κ3) is 17.3. The molecule has 0 aromatic rings. The van der Waals surface area contributed by atoms with Crippen molar-refractivity contribution in [3.63, 3.8) is 0 Å². The van der Waals surface area contributed by atoms with Gasteiger partial charge in [-0.25, -0.2) is 4.79 Å². The molecule has 0 aromatic carbocycles. The van der Waals surface area contributed by atoms with Crippen LogP contribution in [0.2, 0.25) is 0 Å². The van der Waals surface area contributed by atoms with Crippen molar-refractivity contribution < 1.29 is 103 Å². The minimum absolute atomic E-state index is 0. The smallest absolute Gasteiger partial charge is 0.550 e. The van der Waals surface area contributed by atoms with Gasteiger partial charge in [0.15, 0.2) is 5.60 Å². The van der Waals surface area contributed by atoms with Gasteiger partial charge in [0.1, 0.15) is 0 Å². The number of unbranched alkanes of at least 4 members (excludes halogenated alkanes) is 12. The second kappa shape index (κ2) is 23.3. The van der Waals surface area contributed by atoms with Gasteiger partial charge in [0.2, 0.25) is 6.10 Å². The fourth-order valence-corrected chi connectivity index (χ4v) is 3.42. The molecule has 9 nitrogen and oxygen atoms in total. The average Bonchev–Trinajstić information content (AvgIpc) is 2.74. The Labute approximate surface area is 247 Å². The number of aliphatic carboxylic acids is 2. The SMILES string of the molecule is CCCCCCCCCCCCCCCC(=O)OC(C(=O)OC)C(O)(CC(=O)[O-])C(=O)[O-].[Na+].[Na+]. The molecule has 0 aliphatic carbocycles. The van der Waals surface area contributed by atoms with Crippen LogP contribution in [0, 0.1) is 0 Å². The zero-order valence-electron chi connectivity index (χ0n) is 21.4. The Hall–Kier alpha value is -0.160. The Kier molecular flexibility index (Phi) is 26.2. The molecule has 186 valence electrons. The molecule has 34 heavy (non-hydrogen) atoms. The van der Waals surface area contributed by atoms with Crippen molar-refractivity contribution in [2.24, 2.45) is 0 Å². The molecule has 1 N–H and O–H groups in total. The Morgan fingerprint density at radius 1 is 0.794 bits per heavy atom. The molecule has 2 atom stereocenters. The average molecular weight is 505 g/mol. The summed E-state index contributed by atoms with van der Waals surface area (Å²) in [5.74, 6) is -6.60. The van der Waals surface area contributed by atoms with Gasteiger partial charge in [-0.05, 0) is 6.42 Å². The maximum atomic E-state index is 12.0. The number of hydrogen-bond donors (Lipinski definition) is 1. The first-order valence-corrected chi connectivity index (χ1v) is 11.6. The number of carbonyl (C=O) groups is 4. The summed E-state index contributed by atoms with van der Waals surface area (Å²) in [4.78, 5) is 45.8. The number of hydrogen-bond acceptors (Lipinski definition) is 9. The number of carbonyl (C=O) groups excluding carboxylic acids is 4. The Morgan fingerprint density at radius 2 is 1.21 bits per heavy atom. The molecule has 0 rings (SSSR count). The van der Waals surface area contributed by atoms with E-state index in [0.717, 1.165) is 32.8 Å². The Balaban J connectivity index is -0.00000480. The molecular formula is C23H38Na2O9. The van der Waals surface area contributed by atoms with Gasteiger partial charge in [-0.2, -0.15) is 0 Å². The van der Waals surface area contributed by atoms with E-state index in [1.54, 1.807) is 0 Å². The van der Waals surface area contributed by atoms with Gasteiger partial charge >= 0.3 is 71.1 Å². The maximum Gasteiger partial charge on any atom is 1.00 e. The van der Waals surface area contributed by atoms with Crippen molar-refractivity contribution in [1.29, 1.82) is 0 Å². The van der Waals surface area contributed by atoms with Crippen molar-refractivity contribution in [3.05, 3.63) is 0 Å². The van der Waals surface area contributed by atoms with E-state index in [0.29, 0.717) is 6.42 Å². The second-order valence-electron chi connectivity index (χ2n) is 8.15. The van der Waals surface area contributed by atoms with E-state index in [9.17, 15) is 34.5 Å². The van der Waals surface area contributed by atoms with Crippen molar-refractivity contribution >= 4 is 23.9 Å². The molecule has 0 spiro atoms. The van der Waals surface area contributed by atoms with Crippen LogP contribution in [0.4, 0.5) is 0 Å². The number of methoxy groups -OCH3 is 1. The van der Waals surface area contributed by atoms with Crippen LogP contribution in [-0.4, -0.2) is 47.8 Å². The number of carboxylic acid groups (broad SMARTS) is 2. The fraction of sp³-hybridized carbons (Fsp3) is 0.826. The van der Waals surface area contributed by atoms with Crippen LogP contribution >= 0.6 is 0 Å². The quantitative estimate of drug-likeness (QED) is 0.0977. The maximum absolute atomic E-state index is 12.0. The fourth-order valence-electron chi connectivity index (χ4n) is 3.42. The number of carboxylic acids is 2. The summed E-state index contributed by atoms with van der Waals surface area (Å²) >= 11 is 0. The molecule has 0 radical (unpaired) electrons. The summed E-state index contributed by atoms with van der Waals surface area (Å²) in [5, 5.41) is 32.1. The second-order valence-corrected chi connectivity index (χ2v) is 8.15. The molecule has 0 heterocycles. The first kappa shape index (κ1) is 38.4. The van der Waals surface area contributed by atoms with E-state index in [4.69, 9.17) is 4.74 Å². The van der Waals surface area contributed by atoms with Crippen LogP contribution in [0.5, 0.6) is 0 Å². The van der Waals surface area contributed by atoms with Crippen LogP contribution in [0.1, 0.15) is 103 Å². The molecule has 0 aliphatic rings. The van der Waals surface area contributed by atoms with E-state index >= 15 is 0 Å². The van der Waals surface area contributed by atoms with Gasteiger partial charge in [-0.1, -0.05) is 84.0 Å². The van der Waals surface area contributed by atoms with E-state index in [1.165, 1.54) is 51.4 Å². The van der Waals surface area contributed by atoms with Crippen LogP contribution in [-0.2, 0) is 28.7 Å². The van der Waals surface area contributed by atoms with Crippen LogP contribution in [0.15, 0.2) is 0 Å². The van der Waals surface area contributed by atoms with Crippen molar-refractivity contribution in [2.45, 2.75) is 115 Å². The summed E-state index contributed by atoms with van der Waals surface area (Å²) < 4.78 is 9.09. The van der Waals surface area contributed by atoms with Crippen LogP contribution in [0.3, 0.4) is 0 Å². The Morgan fingerprint density at radius 3 is 1.56 bits per heavy atom. The van der Waals surface area contributed by atoms with Crippen molar-refractivity contribution in [1.82, 2.24) is 0 Å². The monoisotopic (exact) mass is 504 g/mol. The number of ether oxygens (including phenoxy) is 2. The van der Waals surface area contributed by atoms with Gasteiger partial charge in [0, 0.05) is 18.8 Å². The van der Waals surface area contributed by atoms with E-state index in [1.807, 2.05) is 0 Å². The third-order valence-electron chi connectivity index (χ3n) is 5.35. The normalized spacial score (nSPS) is 12.9. The van der Waals surface area contributed by atoms with Crippen LogP contribution < -0.4 is 69.3 Å². The summed E-state index contributed by atoms with van der Waals surface area (Å²) in [5.41, 5.74) is -3.29. The van der Waals surface area contributed by atoms with Gasteiger partial charge in [-0.15, -0.1) is 0 Å². The molecule has 0 bridgehead atoms. The molecule has 0 saturated carbocycles. The van der Waals surface area contributed by atoms with E-state index < -0.39 is 42.0 Å². The number of esters is 2. The van der Waals surface area contributed by atoms with E-state index in [2.05, 4.69) is 11.7 Å². The number of rotatable bonds is 20. The summed E-state index contributed by atoms with van der Waals surface area (Å²) in [7, 11) is 0.879. The summed E-state index contributed by atoms with van der Waals surface area (Å²) in [6.07, 6.45) is 10.5. The minimum Gasteiger partial charge on any atom is -0.550 e. The zero-order valence-corrected chi connectivity index (χ0v) is 25.4. The molecule has 0 amide bonds. The van der Waals surface area contributed by atoms with Gasteiger partial charge in [0.25, 0.3) is 0 Å². The molecule has 2 unspecified atom stereocenters. The van der Waals surface area contributed by atoms with Crippen molar-refractivity contribution in [2.75, 3.05) is 7.11 Å². The molecule has 0 fully saturated rings. The molecule has 0 aliphatic heterocycles. The van der Waals surface area contributed by atoms with Gasteiger partial charge < -0.3 is 34.4 Å². The topological polar surface area (TPSA) is 153 Å².